The molecule has 0 unspecified atom stereocenters. The SMILES string of the molecule is COc1ccc(NNC(=O)C(=O)N/N=C/c2ccc(N(C)C)cc2)cc1. The molecule has 2 amide bonds. The molecular weight excluding hydrogens is 334 g/mol. The number of carbonyl (C=O) groups excluding carboxylic acids is 2. The molecule has 0 aliphatic carbocycles. The number of hydrazine groups is 1. The molecule has 0 atom stereocenters. The zero-order valence-electron chi connectivity index (χ0n) is 14.8. The minimum Gasteiger partial charge on any atom is -0.497 e. The van der Waals surface area contributed by atoms with Gasteiger partial charge in [0.25, 0.3) is 0 Å². The normalized spacial score (nSPS) is 10.3. The first-order valence-electron chi connectivity index (χ1n) is 7.80. The Labute approximate surface area is 151 Å². The van der Waals surface area contributed by atoms with Crippen molar-refractivity contribution in [3.05, 3.63) is 54.1 Å². The molecule has 0 radical (unpaired) electrons. The van der Waals surface area contributed by atoms with E-state index in [4.69, 9.17) is 4.74 Å². The van der Waals surface area contributed by atoms with Crippen LogP contribution in [-0.2, 0) is 9.59 Å². The van der Waals surface area contributed by atoms with Gasteiger partial charge < -0.3 is 9.64 Å². The first-order chi connectivity index (χ1) is 12.5. The van der Waals surface area contributed by atoms with Gasteiger partial charge in [0.15, 0.2) is 0 Å². The van der Waals surface area contributed by atoms with Crippen molar-refractivity contribution < 1.29 is 14.3 Å². The average Bonchev–Trinajstić information content (AvgIpc) is 2.66. The lowest BCUT2D eigenvalue weighted by molar-refractivity contribution is -0.138. The third kappa shape index (κ3) is 5.52. The second-order valence-corrected chi connectivity index (χ2v) is 5.49. The Morgan fingerprint density at radius 3 is 2.23 bits per heavy atom. The number of methoxy groups -OCH3 is 1. The van der Waals surface area contributed by atoms with E-state index in [1.165, 1.54) is 6.21 Å². The summed E-state index contributed by atoms with van der Waals surface area (Å²) in [5.74, 6) is -1.05. The summed E-state index contributed by atoms with van der Waals surface area (Å²) in [6, 6.07) is 14.4. The lowest BCUT2D eigenvalue weighted by atomic mass is 10.2. The molecule has 8 nitrogen and oxygen atoms in total. The monoisotopic (exact) mass is 355 g/mol. The predicted molar refractivity (Wildman–Crippen MR) is 101 cm³/mol. The summed E-state index contributed by atoms with van der Waals surface area (Å²) in [7, 11) is 5.45. The third-order valence-electron chi connectivity index (χ3n) is 3.41. The largest absolute Gasteiger partial charge is 0.497 e. The number of anilines is 2. The molecule has 3 N–H and O–H groups in total. The number of hydrogen-bond acceptors (Lipinski definition) is 6. The Balaban J connectivity index is 1.79. The molecule has 2 aromatic carbocycles. The first kappa shape index (κ1) is 18.8. The van der Waals surface area contributed by atoms with Crippen LogP contribution in [0.5, 0.6) is 5.75 Å². The maximum Gasteiger partial charge on any atom is 0.331 e. The average molecular weight is 355 g/mol. The number of ether oxygens (including phenoxy) is 1. The standard InChI is InChI=1S/C18H21N5O3/c1-23(2)15-8-4-13(5-9-15)12-19-21-17(24)18(25)22-20-14-6-10-16(26-3)11-7-14/h4-12,20H,1-3H3,(H,21,24)(H,22,25)/b19-12+. The Morgan fingerprint density at radius 1 is 1.00 bits per heavy atom. The number of nitrogens with one attached hydrogen (secondary N) is 3. The quantitative estimate of drug-likeness (QED) is 0.413. The molecule has 2 rings (SSSR count). The smallest absolute Gasteiger partial charge is 0.331 e. The van der Waals surface area contributed by atoms with Crippen molar-refractivity contribution >= 4 is 29.4 Å². The fourth-order valence-electron chi connectivity index (χ4n) is 1.93. The zero-order valence-corrected chi connectivity index (χ0v) is 14.8. The van der Waals surface area contributed by atoms with E-state index >= 15 is 0 Å². The van der Waals surface area contributed by atoms with Gasteiger partial charge in [-0.3, -0.25) is 20.4 Å². The van der Waals surface area contributed by atoms with Crippen LogP contribution in [0.2, 0.25) is 0 Å². The third-order valence-corrected chi connectivity index (χ3v) is 3.41. The number of hydrazone groups is 1. The zero-order chi connectivity index (χ0) is 18.9. The summed E-state index contributed by atoms with van der Waals surface area (Å²) in [4.78, 5) is 25.4. The predicted octanol–water partition coefficient (Wildman–Crippen LogP) is 1.35. The minimum atomic E-state index is -0.882. The molecule has 0 saturated carbocycles. The molecule has 8 heteroatoms. The lowest BCUT2D eigenvalue weighted by Gasteiger charge is -2.11. The first-order valence-corrected chi connectivity index (χ1v) is 7.80. The molecule has 136 valence electrons. The molecule has 0 aliphatic heterocycles. The summed E-state index contributed by atoms with van der Waals surface area (Å²) >= 11 is 0. The van der Waals surface area contributed by atoms with Crippen LogP contribution in [0.15, 0.2) is 53.6 Å². The van der Waals surface area contributed by atoms with Gasteiger partial charge in [0.05, 0.1) is 19.0 Å². The van der Waals surface area contributed by atoms with Crippen LogP contribution in [0, 0.1) is 0 Å². The molecule has 0 aliphatic rings. The fraction of sp³-hybridized carbons (Fsp3) is 0.167. The van der Waals surface area contributed by atoms with Crippen molar-refractivity contribution in [1.82, 2.24) is 10.9 Å². The number of hydrogen-bond donors (Lipinski definition) is 3. The molecule has 0 saturated heterocycles. The second kappa shape index (κ2) is 9.07. The Kier molecular flexibility index (Phi) is 6.55. The Morgan fingerprint density at radius 2 is 1.65 bits per heavy atom. The number of nitrogens with zero attached hydrogens (tertiary/aromatic N) is 2. The Hall–Kier alpha value is -3.55. The van der Waals surface area contributed by atoms with Gasteiger partial charge in [-0.2, -0.15) is 5.10 Å². The van der Waals surface area contributed by atoms with Gasteiger partial charge >= 0.3 is 11.8 Å². The molecular formula is C18H21N5O3. The highest BCUT2D eigenvalue weighted by atomic mass is 16.5. The van der Waals surface area contributed by atoms with Gasteiger partial charge in [0.1, 0.15) is 5.75 Å². The molecule has 0 bridgehead atoms. The summed E-state index contributed by atoms with van der Waals surface area (Å²) in [5.41, 5.74) is 9.54. The van der Waals surface area contributed by atoms with Crippen molar-refractivity contribution in [2.75, 3.05) is 31.5 Å². The number of benzene rings is 2. The van der Waals surface area contributed by atoms with Crippen molar-refractivity contribution in [3.8, 4) is 5.75 Å². The second-order valence-electron chi connectivity index (χ2n) is 5.49. The van der Waals surface area contributed by atoms with E-state index in [0.29, 0.717) is 11.4 Å². The summed E-state index contributed by atoms with van der Waals surface area (Å²) in [6.45, 7) is 0. The van der Waals surface area contributed by atoms with Crippen LogP contribution in [0.25, 0.3) is 0 Å². The van der Waals surface area contributed by atoms with Crippen LogP contribution < -0.4 is 25.9 Å². The number of carbonyl (C=O) groups is 2. The Bertz CT molecular complexity index is 770. The van der Waals surface area contributed by atoms with Crippen molar-refractivity contribution in [2.24, 2.45) is 5.10 Å². The fourth-order valence-corrected chi connectivity index (χ4v) is 1.93. The van der Waals surface area contributed by atoms with Crippen molar-refractivity contribution in [2.45, 2.75) is 0 Å². The van der Waals surface area contributed by atoms with E-state index in [-0.39, 0.29) is 0 Å². The van der Waals surface area contributed by atoms with Crippen LogP contribution >= 0.6 is 0 Å². The topological polar surface area (TPSA) is 95.1 Å². The highest BCUT2D eigenvalue weighted by Gasteiger charge is 2.11. The number of rotatable bonds is 6. The lowest BCUT2D eigenvalue weighted by Crippen LogP contribution is -2.40. The molecule has 0 spiro atoms. The van der Waals surface area contributed by atoms with Crippen molar-refractivity contribution in [3.63, 3.8) is 0 Å². The molecule has 26 heavy (non-hydrogen) atoms. The van der Waals surface area contributed by atoms with Crippen LogP contribution in [0.3, 0.4) is 0 Å². The van der Waals surface area contributed by atoms with Crippen LogP contribution in [0.4, 0.5) is 11.4 Å². The maximum atomic E-state index is 11.7. The molecule has 0 aromatic heterocycles. The van der Waals surface area contributed by atoms with Gasteiger partial charge in [0, 0.05) is 19.8 Å². The maximum absolute atomic E-state index is 11.7. The highest BCUT2D eigenvalue weighted by Crippen LogP contribution is 2.14. The van der Waals surface area contributed by atoms with E-state index in [1.54, 1.807) is 31.4 Å². The van der Waals surface area contributed by atoms with Gasteiger partial charge in [0.2, 0.25) is 0 Å². The van der Waals surface area contributed by atoms with Gasteiger partial charge in [-0.25, -0.2) is 5.43 Å². The number of amides is 2. The van der Waals surface area contributed by atoms with Gasteiger partial charge in [-0.1, -0.05) is 12.1 Å². The summed E-state index contributed by atoms with van der Waals surface area (Å²) < 4.78 is 5.03. The van der Waals surface area contributed by atoms with Gasteiger partial charge in [-0.05, 0) is 42.0 Å². The van der Waals surface area contributed by atoms with E-state index in [9.17, 15) is 9.59 Å². The summed E-state index contributed by atoms with van der Waals surface area (Å²) in [5, 5.41) is 3.77. The van der Waals surface area contributed by atoms with E-state index in [1.807, 2.05) is 43.3 Å². The van der Waals surface area contributed by atoms with Crippen molar-refractivity contribution in [1.29, 1.82) is 0 Å². The van der Waals surface area contributed by atoms with E-state index in [2.05, 4.69) is 21.4 Å². The van der Waals surface area contributed by atoms with Gasteiger partial charge in [-0.15, -0.1) is 0 Å². The molecule has 0 fully saturated rings. The minimum absolute atomic E-state index is 0.608. The van der Waals surface area contributed by atoms with Crippen LogP contribution in [-0.4, -0.2) is 39.2 Å². The van der Waals surface area contributed by atoms with E-state index in [0.717, 1.165) is 11.3 Å². The van der Waals surface area contributed by atoms with E-state index < -0.39 is 11.8 Å². The van der Waals surface area contributed by atoms with Crippen LogP contribution in [0.1, 0.15) is 5.56 Å². The summed E-state index contributed by atoms with van der Waals surface area (Å²) in [6.07, 6.45) is 1.46. The molecule has 0 heterocycles. The highest BCUT2D eigenvalue weighted by molar-refractivity contribution is 6.35. The molecule has 2 aromatic rings.